The summed E-state index contributed by atoms with van der Waals surface area (Å²) in [5.74, 6) is 0. The average molecular weight is 526 g/mol. The van der Waals surface area contributed by atoms with E-state index in [0.717, 1.165) is 19.3 Å². The van der Waals surface area contributed by atoms with Gasteiger partial charge < -0.3 is 29.3 Å². The van der Waals surface area contributed by atoms with Crippen LogP contribution in [0.4, 0.5) is 15.3 Å². The van der Waals surface area contributed by atoms with Crippen LogP contribution >= 0.6 is 11.6 Å². The van der Waals surface area contributed by atoms with Crippen molar-refractivity contribution >= 4 is 29.5 Å². The van der Waals surface area contributed by atoms with Gasteiger partial charge >= 0.3 is 12.2 Å². The molecule has 3 fully saturated rings. The molecule has 200 valence electrons. The molecule has 4 heterocycles. The highest BCUT2D eigenvalue weighted by molar-refractivity contribution is 6.33. The molecule has 4 rings (SSSR count). The van der Waals surface area contributed by atoms with E-state index < -0.39 is 11.7 Å². The van der Waals surface area contributed by atoms with Crippen molar-refractivity contribution in [2.75, 3.05) is 37.7 Å². The van der Waals surface area contributed by atoms with Crippen molar-refractivity contribution in [3.63, 3.8) is 0 Å². The Morgan fingerprint density at radius 2 is 1.89 bits per heavy atom. The minimum absolute atomic E-state index is 0.0677. The first-order valence-electron chi connectivity index (χ1n) is 12.7. The van der Waals surface area contributed by atoms with Crippen LogP contribution in [-0.2, 0) is 14.2 Å². The number of anilines is 1. The van der Waals surface area contributed by atoms with Crippen LogP contribution in [0.5, 0.6) is 0 Å². The Hall–Kier alpha value is -2.53. The van der Waals surface area contributed by atoms with E-state index in [1.165, 1.54) is 4.68 Å². The van der Waals surface area contributed by atoms with Gasteiger partial charge in [0.15, 0.2) is 6.23 Å². The summed E-state index contributed by atoms with van der Waals surface area (Å²) >= 11 is 6.42. The third-order valence-electron chi connectivity index (χ3n) is 6.58. The fourth-order valence-corrected chi connectivity index (χ4v) is 4.96. The van der Waals surface area contributed by atoms with Gasteiger partial charge in [0.05, 0.1) is 18.4 Å². The molecule has 12 heteroatoms. The average Bonchev–Trinajstić information content (AvgIpc) is 3.28. The smallest absolute Gasteiger partial charge is 0.410 e. The minimum atomic E-state index is -0.536. The first kappa shape index (κ1) is 26.5. The summed E-state index contributed by atoms with van der Waals surface area (Å²) < 4.78 is 18.0. The van der Waals surface area contributed by atoms with E-state index in [1.54, 1.807) is 11.1 Å². The molecule has 0 saturated carbocycles. The molecule has 3 saturated heterocycles. The van der Waals surface area contributed by atoms with Crippen LogP contribution in [-0.4, -0.2) is 77.4 Å². The zero-order chi connectivity index (χ0) is 25.9. The number of carbonyl (C=O) groups is 2. The van der Waals surface area contributed by atoms with E-state index in [1.807, 2.05) is 25.7 Å². The van der Waals surface area contributed by atoms with E-state index in [9.17, 15) is 14.4 Å². The molecule has 0 aliphatic carbocycles. The Labute approximate surface area is 216 Å². The normalized spacial score (nSPS) is 23.4. The number of carbonyl (C=O) groups excluding carboxylic acids is 2. The van der Waals surface area contributed by atoms with E-state index in [0.29, 0.717) is 57.7 Å². The molecule has 2 atom stereocenters. The van der Waals surface area contributed by atoms with Crippen molar-refractivity contribution in [1.29, 1.82) is 0 Å². The molecule has 1 aromatic heterocycles. The molecular weight excluding hydrogens is 490 g/mol. The van der Waals surface area contributed by atoms with Gasteiger partial charge in [0.1, 0.15) is 16.7 Å². The van der Waals surface area contributed by atoms with Gasteiger partial charge in [-0.15, -0.1) is 0 Å². The number of hydrogen-bond acceptors (Lipinski definition) is 8. The van der Waals surface area contributed by atoms with Gasteiger partial charge in [-0.2, -0.15) is 9.78 Å². The standard InChI is InChI=1S/C24H36ClN5O6/c1-24(2,3)36-23(33)28-10-7-16(8-11-28)27-22(32)35-17-9-12-29(15-17)18-14-26-30(21(31)20(18)25)19-6-4-5-13-34-19/h14,16-17,19H,4-13,15H2,1-3H3,(H,27,32). The van der Waals surface area contributed by atoms with E-state index in [2.05, 4.69) is 10.4 Å². The number of rotatable bonds is 4. The fraction of sp³-hybridized carbons (Fsp3) is 0.750. The summed E-state index contributed by atoms with van der Waals surface area (Å²) in [7, 11) is 0. The quantitative estimate of drug-likeness (QED) is 0.636. The molecule has 0 aromatic carbocycles. The molecular formula is C24H36ClN5O6. The first-order valence-corrected chi connectivity index (χ1v) is 13.1. The summed E-state index contributed by atoms with van der Waals surface area (Å²) in [5.41, 5.74) is -0.374. The maximum atomic E-state index is 12.8. The number of halogens is 1. The zero-order valence-corrected chi connectivity index (χ0v) is 22.0. The highest BCUT2D eigenvalue weighted by Gasteiger charge is 2.31. The van der Waals surface area contributed by atoms with Gasteiger partial charge in [-0.3, -0.25) is 4.79 Å². The van der Waals surface area contributed by atoms with Gasteiger partial charge in [-0.1, -0.05) is 11.6 Å². The predicted molar refractivity (Wildman–Crippen MR) is 133 cm³/mol. The van der Waals surface area contributed by atoms with E-state index in [-0.39, 0.29) is 35.0 Å². The van der Waals surface area contributed by atoms with Gasteiger partial charge in [-0.05, 0) is 52.9 Å². The highest BCUT2D eigenvalue weighted by atomic mass is 35.5. The van der Waals surface area contributed by atoms with Crippen molar-refractivity contribution in [2.24, 2.45) is 0 Å². The number of alkyl carbamates (subject to hydrolysis) is 1. The monoisotopic (exact) mass is 525 g/mol. The van der Waals surface area contributed by atoms with Crippen LogP contribution < -0.4 is 15.8 Å². The first-order chi connectivity index (χ1) is 17.1. The molecule has 1 aromatic rings. The molecule has 1 N–H and O–H groups in total. The number of nitrogens with one attached hydrogen (secondary N) is 1. The second-order valence-electron chi connectivity index (χ2n) is 10.6. The molecule has 0 radical (unpaired) electrons. The number of ether oxygens (including phenoxy) is 3. The molecule has 36 heavy (non-hydrogen) atoms. The van der Waals surface area contributed by atoms with Gasteiger partial charge in [0.2, 0.25) is 0 Å². The molecule has 0 spiro atoms. The van der Waals surface area contributed by atoms with Gasteiger partial charge in [0, 0.05) is 38.7 Å². The third kappa shape index (κ3) is 6.61. The summed E-state index contributed by atoms with van der Waals surface area (Å²) in [6.45, 7) is 8.16. The van der Waals surface area contributed by atoms with Crippen molar-refractivity contribution in [3.05, 3.63) is 21.6 Å². The van der Waals surface area contributed by atoms with Crippen LogP contribution in [0.25, 0.3) is 0 Å². The van der Waals surface area contributed by atoms with Crippen LogP contribution in [0.1, 0.15) is 65.5 Å². The Bertz CT molecular complexity index is 998. The Kier molecular flexibility index (Phi) is 8.29. The van der Waals surface area contributed by atoms with Crippen LogP contribution in [0.2, 0.25) is 5.02 Å². The van der Waals surface area contributed by atoms with Gasteiger partial charge in [-0.25, -0.2) is 9.59 Å². The summed E-state index contributed by atoms with van der Waals surface area (Å²) in [5, 5.41) is 7.31. The topological polar surface area (TPSA) is 115 Å². The molecule has 3 aliphatic heterocycles. The minimum Gasteiger partial charge on any atom is -0.444 e. The Balaban J connectivity index is 1.24. The fourth-order valence-electron chi connectivity index (χ4n) is 4.71. The van der Waals surface area contributed by atoms with Crippen LogP contribution in [0.3, 0.4) is 0 Å². The van der Waals surface area contributed by atoms with Gasteiger partial charge in [0.25, 0.3) is 5.56 Å². The lowest BCUT2D eigenvalue weighted by Crippen LogP contribution is -2.48. The van der Waals surface area contributed by atoms with E-state index in [4.69, 9.17) is 25.8 Å². The highest BCUT2D eigenvalue weighted by Crippen LogP contribution is 2.28. The summed E-state index contributed by atoms with van der Waals surface area (Å²) in [6, 6.07) is -0.0677. The summed E-state index contributed by atoms with van der Waals surface area (Å²) in [6.07, 6.45) is 4.64. The maximum absolute atomic E-state index is 12.8. The van der Waals surface area contributed by atoms with Crippen molar-refractivity contribution in [1.82, 2.24) is 20.0 Å². The summed E-state index contributed by atoms with van der Waals surface area (Å²) in [4.78, 5) is 41.1. The Morgan fingerprint density at radius 1 is 1.14 bits per heavy atom. The number of nitrogens with zero attached hydrogens (tertiary/aromatic N) is 4. The lowest BCUT2D eigenvalue weighted by molar-refractivity contribution is -0.0424. The second kappa shape index (κ2) is 11.2. The largest absolute Gasteiger partial charge is 0.444 e. The lowest BCUT2D eigenvalue weighted by atomic mass is 10.1. The number of amides is 2. The third-order valence-corrected chi connectivity index (χ3v) is 6.94. The zero-order valence-electron chi connectivity index (χ0n) is 21.2. The molecule has 11 nitrogen and oxygen atoms in total. The predicted octanol–water partition coefficient (Wildman–Crippen LogP) is 3.30. The van der Waals surface area contributed by atoms with Crippen molar-refractivity contribution in [3.8, 4) is 0 Å². The van der Waals surface area contributed by atoms with Crippen LogP contribution in [0, 0.1) is 0 Å². The lowest BCUT2D eigenvalue weighted by Gasteiger charge is -2.33. The maximum Gasteiger partial charge on any atom is 0.410 e. The number of aromatic nitrogens is 2. The number of likely N-dealkylation sites (tertiary alicyclic amines) is 1. The van der Waals surface area contributed by atoms with Crippen molar-refractivity contribution in [2.45, 2.75) is 83.3 Å². The van der Waals surface area contributed by atoms with Crippen molar-refractivity contribution < 1.29 is 23.8 Å². The number of hydrogen-bond donors (Lipinski definition) is 1. The molecule has 0 bridgehead atoms. The second-order valence-corrected chi connectivity index (χ2v) is 10.9. The van der Waals surface area contributed by atoms with Crippen LogP contribution in [0.15, 0.2) is 11.0 Å². The SMILES string of the molecule is CC(C)(C)OC(=O)N1CCC(NC(=O)OC2CCN(c3cnn(C4CCCCO4)c(=O)c3Cl)C2)CC1. The molecule has 3 aliphatic rings. The molecule has 2 unspecified atom stereocenters. The molecule has 2 amide bonds. The Morgan fingerprint density at radius 3 is 2.56 bits per heavy atom. The number of piperidine rings is 1. The van der Waals surface area contributed by atoms with E-state index >= 15 is 0 Å².